The van der Waals surface area contributed by atoms with Crippen molar-refractivity contribution in [3.05, 3.63) is 28.8 Å². The van der Waals surface area contributed by atoms with Crippen LogP contribution in [0.15, 0.2) is 23.1 Å². The van der Waals surface area contributed by atoms with E-state index in [9.17, 15) is 4.79 Å². The summed E-state index contributed by atoms with van der Waals surface area (Å²) in [6.45, 7) is 0. The third-order valence-electron chi connectivity index (χ3n) is 2.86. The highest BCUT2D eigenvalue weighted by molar-refractivity contribution is 7.13. The number of allylic oxidation sites excluding steroid dienone is 3. The Morgan fingerprint density at radius 2 is 2.39 bits per heavy atom. The van der Waals surface area contributed by atoms with Gasteiger partial charge in [0.2, 0.25) is 0 Å². The Labute approximate surface area is 110 Å². The minimum absolute atomic E-state index is 0.369. The van der Waals surface area contributed by atoms with Gasteiger partial charge >= 0.3 is 5.97 Å². The maximum absolute atomic E-state index is 11.8. The first-order chi connectivity index (χ1) is 8.70. The Kier molecular flexibility index (Phi) is 4.15. The van der Waals surface area contributed by atoms with Crippen molar-refractivity contribution in [2.75, 3.05) is 12.8 Å². The first kappa shape index (κ1) is 12.8. The van der Waals surface area contributed by atoms with Crippen molar-refractivity contribution >= 4 is 28.0 Å². The number of carbonyl (C=O) groups excluding carboxylic acids is 1. The standard InChI is InChI=1S/C13H16N2O2S/c1-17-12(16)10(11-8-18-13(14)15-11)7-9-5-3-2-4-6-9/h5,7-8H,2-4,6H2,1H3,(H2,14,15). The summed E-state index contributed by atoms with van der Waals surface area (Å²) in [7, 11) is 1.38. The van der Waals surface area contributed by atoms with Crippen molar-refractivity contribution in [2.24, 2.45) is 0 Å². The van der Waals surface area contributed by atoms with Crippen LogP contribution in [0.2, 0.25) is 0 Å². The maximum Gasteiger partial charge on any atom is 0.340 e. The van der Waals surface area contributed by atoms with Gasteiger partial charge in [0.05, 0.1) is 18.4 Å². The summed E-state index contributed by atoms with van der Waals surface area (Å²) in [5, 5.41) is 2.24. The molecule has 0 radical (unpaired) electrons. The summed E-state index contributed by atoms with van der Waals surface area (Å²) < 4.78 is 4.81. The second kappa shape index (κ2) is 5.82. The van der Waals surface area contributed by atoms with Gasteiger partial charge in [0, 0.05) is 5.38 Å². The zero-order valence-electron chi connectivity index (χ0n) is 10.3. The van der Waals surface area contributed by atoms with Crippen LogP contribution in [0.5, 0.6) is 0 Å². The Morgan fingerprint density at radius 1 is 1.56 bits per heavy atom. The molecule has 1 aromatic heterocycles. The molecule has 1 heterocycles. The molecule has 0 saturated carbocycles. The predicted molar refractivity (Wildman–Crippen MR) is 73.1 cm³/mol. The van der Waals surface area contributed by atoms with Crippen LogP contribution in [-0.2, 0) is 9.53 Å². The molecule has 2 N–H and O–H groups in total. The molecular weight excluding hydrogens is 248 g/mol. The fourth-order valence-electron chi connectivity index (χ4n) is 1.94. The molecule has 0 bridgehead atoms. The third-order valence-corrected chi connectivity index (χ3v) is 3.53. The van der Waals surface area contributed by atoms with Crippen LogP contribution in [0.25, 0.3) is 5.57 Å². The van der Waals surface area contributed by atoms with Crippen LogP contribution in [0.3, 0.4) is 0 Å². The number of nitrogens with two attached hydrogens (primary N) is 1. The van der Waals surface area contributed by atoms with E-state index >= 15 is 0 Å². The van der Waals surface area contributed by atoms with Gasteiger partial charge in [-0.1, -0.05) is 11.6 Å². The molecule has 4 nitrogen and oxygen atoms in total. The molecule has 1 aromatic rings. The molecule has 0 aliphatic heterocycles. The van der Waals surface area contributed by atoms with Gasteiger partial charge in [0.1, 0.15) is 0 Å². The van der Waals surface area contributed by atoms with E-state index in [2.05, 4.69) is 11.1 Å². The number of nitrogen functional groups attached to an aromatic ring is 1. The van der Waals surface area contributed by atoms with Crippen LogP contribution in [0.1, 0.15) is 31.4 Å². The summed E-state index contributed by atoms with van der Waals surface area (Å²) in [4.78, 5) is 15.9. The van der Waals surface area contributed by atoms with Crippen LogP contribution >= 0.6 is 11.3 Å². The lowest BCUT2D eigenvalue weighted by Crippen LogP contribution is -2.05. The van der Waals surface area contributed by atoms with Crippen molar-refractivity contribution in [3.8, 4) is 0 Å². The molecule has 1 aliphatic rings. The van der Waals surface area contributed by atoms with Crippen molar-refractivity contribution in [2.45, 2.75) is 25.7 Å². The van der Waals surface area contributed by atoms with Crippen LogP contribution in [0.4, 0.5) is 5.13 Å². The molecule has 0 atom stereocenters. The number of methoxy groups -OCH3 is 1. The van der Waals surface area contributed by atoms with E-state index in [0.717, 1.165) is 19.3 Å². The fraction of sp³-hybridized carbons (Fsp3) is 0.385. The average Bonchev–Trinajstić information content (AvgIpc) is 2.83. The van der Waals surface area contributed by atoms with E-state index in [1.165, 1.54) is 30.4 Å². The average molecular weight is 264 g/mol. The first-order valence-corrected chi connectivity index (χ1v) is 6.79. The number of esters is 1. The highest BCUT2D eigenvalue weighted by Crippen LogP contribution is 2.25. The molecular formula is C13H16N2O2S. The van der Waals surface area contributed by atoms with Crippen molar-refractivity contribution in [3.63, 3.8) is 0 Å². The molecule has 2 rings (SSSR count). The number of thiazole rings is 1. The normalized spacial score (nSPS) is 16.3. The molecule has 0 saturated heterocycles. The number of aromatic nitrogens is 1. The Balaban J connectivity index is 2.33. The van der Waals surface area contributed by atoms with E-state index in [4.69, 9.17) is 10.5 Å². The molecule has 0 unspecified atom stereocenters. The summed E-state index contributed by atoms with van der Waals surface area (Å²) in [5.74, 6) is -0.369. The number of anilines is 1. The number of hydrogen-bond donors (Lipinski definition) is 1. The second-order valence-corrected chi connectivity index (χ2v) is 5.04. The SMILES string of the molecule is COC(=O)C(=CC1=CCCCC1)c1csc(N)n1. The van der Waals surface area contributed by atoms with Crippen LogP contribution < -0.4 is 5.73 Å². The number of ether oxygens (including phenoxy) is 1. The molecule has 0 aromatic carbocycles. The zero-order chi connectivity index (χ0) is 13.0. The van der Waals surface area contributed by atoms with Gasteiger partial charge in [-0.3, -0.25) is 0 Å². The third kappa shape index (κ3) is 2.98. The van der Waals surface area contributed by atoms with Crippen molar-refractivity contribution in [1.29, 1.82) is 0 Å². The monoisotopic (exact) mass is 264 g/mol. The molecule has 96 valence electrons. The highest BCUT2D eigenvalue weighted by atomic mass is 32.1. The maximum atomic E-state index is 11.8. The highest BCUT2D eigenvalue weighted by Gasteiger charge is 2.16. The molecule has 1 aliphatic carbocycles. The van der Waals surface area contributed by atoms with Gasteiger partial charge in [-0.2, -0.15) is 0 Å². The van der Waals surface area contributed by atoms with E-state index < -0.39 is 0 Å². The zero-order valence-corrected chi connectivity index (χ0v) is 11.1. The largest absolute Gasteiger partial charge is 0.465 e. The summed E-state index contributed by atoms with van der Waals surface area (Å²) in [6, 6.07) is 0. The number of nitrogens with zero attached hydrogens (tertiary/aromatic N) is 1. The molecule has 18 heavy (non-hydrogen) atoms. The minimum Gasteiger partial charge on any atom is -0.465 e. The second-order valence-electron chi connectivity index (χ2n) is 4.15. The number of carbonyl (C=O) groups is 1. The van der Waals surface area contributed by atoms with Crippen LogP contribution in [0, 0.1) is 0 Å². The summed E-state index contributed by atoms with van der Waals surface area (Å²) in [5.41, 5.74) is 7.86. The smallest absolute Gasteiger partial charge is 0.340 e. The predicted octanol–water partition coefficient (Wildman–Crippen LogP) is 2.78. The van der Waals surface area contributed by atoms with Crippen molar-refractivity contribution in [1.82, 2.24) is 4.98 Å². The number of rotatable bonds is 3. The lowest BCUT2D eigenvalue weighted by molar-refractivity contribution is -0.133. The van der Waals surface area contributed by atoms with Gasteiger partial charge in [0.25, 0.3) is 0 Å². The van der Waals surface area contributed by atoms with Gasteiger partial charge in [-0.25, -0.2) is 9.78 Å². The first-order valence-electron chi connectivity index (χ1n) is 5.91. The topological polar surface area (TPSA) is 65.2 Å². The van der Waals surface area contributed by atoms with Gasteiger partial charge in [-0.05, 0) is 31.8 Å². The van der Waals surface area contributed by atoms with E-state index in [0.29, 0.717) is 16.4 Å². The quantitative estimate of drug-likeness (QED) is 0.673. The summed E-state index contributed by atoms with van der Waals surface area (Å²) in [6.07, 6.45) is 8.49. The van der Waals surface area contributed by atoms with Gasteiger partial charge in [-0.15, -0.1) is 11.3 Å². The van der Waals surface area contributed by atoms with Crippen molar-refractivity contribution < 1.29 is 9.53 Å². The van der Waals surface area contributed by atoms with Gasteiger partial charge < -0.3 is 10.5 Å². The van der Waals surface area contributed by atoms with Crippen LogP contribution in [-0.4, -0.2) is 18.1 Å². The Hall–Kier alpha value is -1.62. The Bertz CT molecular complexity index is 503. The number of hydrogen-bond acceptors (Lipinski definition) is 5. The molecule has 0 fully saturated rings. The molecule has 5 heteroatoms. The molecule has 0 amide bonds. The Morgan fingerprint density at radius 3 is 2.94 bits per heavy atom. The van der Waals surface area contributed by atoms with E-state index in [1.807, 2.05) is 6.08 Å². The lowest BCUT2D eigenvalue weighted by Gasteiger charge is -2.10. The van der Waals surface area contributed by atoms with E-state index in [1.54, 1.807) is 5.38 Å². The fourth-order valence-corrected chi connectivity index (χ4v) is 2.50. The summed E-state index contributed by atoms with van der Waals surface area (Å²) >= 11 is 1.32. The van der Waals surface area contributed by atoms with E-state index in [-0.39, 0.29) is 5.97 Å². The molecule has 0 spiro atoms. The lowest BCUT2D eigenvalue weighted by atomic mass is 9.97. The van der Waals surface area contributed by atoms with Gasteiger partial charge in [0.15, 0.2) is 5.13 Å². The minimum atomic E-state index is -0.369.